The second kappa shape index (κ2) is 11.6. The molecule has 0 aliphatic heterocycles. The summed E-state index contributed by atoms with van der Waals surface area (Å²) < 4.78 is 11.4. The van der Waals surface area contributed by atoms with Crippen LogP contribution in [0.3, 0.4) is 0 Å². The molecule has 2 aromatic rings. The zero-order valence-corrected chi connectivity index (χ0v) is 18.2. The highest BCUT2D eigenvalue weighted by Gasteiger charge is 2.25. The minimum atomic E-state index is -0.729. The predicted molar refractivity (Wildman–Crippen MR) is 121 cm³/mol. The third kappa shape index (κ3) is 7.17. The highest BCUT2D eigenvalue weighted by molar-refractivity contribution is 5.85. The number of benzene rings is 2. The molecular formula is C26H34O3. The average Bonchev–Trinajstić information content (AvgIpc) is 2.68. The Morgan fingerprint density at radius 3 is 2.52 bits per heavy atom. The Kier molecular flexibility index (Phi) is 9.14. The van der Waals surface area contributed by atoms with Gasteiger partial charge in [-0.1, -0.05) is 61.0 Å². The molecule has 2 rings (SSSR count). The molecule has 0 saturated carbocycles. The van der Waals surface area contributed by atoms with E-state index in [1.165, 1.54) is 5.57 Å². The zero-order chi connectivity index (χ0) is 21.2. The Balaban J connectivity index is 2.05. The van der Waals surface area contributed by atoms with Gasteiger partial charge in [0, 0.05) is 13.5 Å². The van der Waals surface area contributed by atoms with E-state index in [2.05, 4.69) is 39.5 Å². The first-order valence-electron chi connectivity index (χ1n) is 10.4. The highest BCUT2D eigenvalue weighted by atomic mass is 16.6. The summed E-state index contributed by atoms with van der Waals surface area (Å²) in [5, 5.41) is 2.21. The maximum atomic E-state index is 12.9. The van der Waals surface area contributed by atoms with Gasteiger partial charge in [0.1, 0.15) is 6.10 Å². The lowest BCUT2D eigenvalue weighted by atomic mass is 9.96. The van der Waals surface area contributed by atoms with Crippen molar-refractivity contribution < 1.29 is 14.3 Å². The smallest absolute Gasteiger partial charge is 0.340 e. The van der Waals surface area contributed by atoms with E-state index < -0.39 is 6.10 Å². The summed E-state index contributed by atoms with van der Waals surface area (Å²) in [5.41, 5.74) is 2.15. The lowest BCUT2D eigenvalue weighted by molar-refractivity contribution is -0.162. The highest BCUT2D eigenvalue weighted by Crippen LogP contribution is 2.26. The summed E-state index contributed by atoms with van der Waals surface area (Å²) in [7, 11) is 1.55. The van der Waals surface area contributed by atoms with Crippen LogP contribution in [0.5, 0.6) is 0 Å². The third-order valence-corrected chi connectivity index (χ3v) is 5.12. The monoisotopic (exact) mass is 394 g/mol. The van der Waals surface area contributed by atoms with E-state index in [9.17, 15) is 4.79 Å². The molecule has 0 N–H and O–H groups in total. The van der Waals surface area contributed by atoms with Crippen LogP contribution in [-0.2, 0) is 14.3 Å². The molecule has 0 fully saturated rings. The molecule has 156 valence electrons. The third-order valence-electron chi connectivity index (χ3n) is 5.12. The summed E-state index contributed by atoms with van der Waals surface area (Å²) >= 11 is 0. The minimum absolute atomic E-state index is 0.181. The molecule has 3 atom stereocenters. The molecule has 3 heteroatoms. The number of carbonyl (C=O) groups is 1. The lowest BCUT2D eigenvalue weighted by Crippen LogP contribution is -2.25. The fourth-order valence-electron chi connectivity index (χ4n) is 3.57. The van der Waals surface area contributed by atoms with Crippen LogP contribution in [0.1, 0.15) is 58.1 Å². The zero-order valence-electron chi connectivity index (χ0n) is 18.2. The molecular weight excluding hydrogens is 360 g/mol. The number of carbonyl (C=O) groups excluding carboxylic acids is 1. The number of allylic oxidation sites excluding steroid dienone is 2. The molecule has 0 radical (unpaired) electrons. The summed E-state index contributed by atoms with van der Waals surface area (Å²) in [6.45, 7) is 10.3. The van der Waals surface area contributed by atoms with Crippen LogP contribution >= 0.6 is 0 Å². The van der Waals surface area contributed by atoms with Crippen molar-refractivity contribution in [2.24, 2.45) is 5.92 Å². The van der Waals surface area contributed by atoms with Gasteiger partial charge in [-0.3, -0.25) is 0 Å². The Hall–Kier alpha value is -2.39. The van der Waals surface area contributed by atoms with Crippen molar-refractivity contribution in [2.45, 2.75) is 58.7 Å². The molecule has 0 spiro atoms. The maximum absolute atomic E-state index is 12.9. The SMILES string of the molecule is C=CC[C@H](C[C@H](C)CCC=C(C)C)OC(=O)C(OC)c1ccc2ccccc2c1. The first-order chi connectivity index (χ1) is 13.9. The van der Waals surface area contributed by atoms with Gasteiger partial charge < -0.3 is 9.47 Å². The van der Waals surface area contributed by atoms with Gasteiger partial charge in [-0.25, -0.2) is 4.79 Å². The molecule has 29 heavy (non-hydrogen) atoms. The lowest BCUT2D eigenvalue weighted by Gasteiger charge is -2.23. The standard InChI is InChI=1S/C26H34O3/c1-6-10-24(17-20(4)12-9-11-19(2)3)29-26(27)25(28-5)23-16-15-21-13-7-8-14-22(21)18-23/h6-8,11,13-16,18,20,24-25H,1,9-10,12,17H2,2-5H3/t20-,24-,25?/m1/s1. The van der Waals surface area contributed by atoms with Crippen LogP contribution in [0.4, 0.5) is 0 Å². The molecule has 2 aromatic carbocycles. The molecule has 0 aliphatic rings. The molecule has 0 bridgehead atoms. The number of methoxy groups -OCH3 is 1. The van der Waals surface area contributed by atoms with Crippen molar-refractivity contribution in [1.82, 2.24) is 0 Å². The van der Waals surface area contributed by atoms with E-state index in [-0.39, 0.29) is 12.1 Å². The molecule has 0 saturated heterocycles. The topological polar surface area (TPSA) is 35.5 Å². The van der Waals surface area contributed by atoms with Crippen LogP contribution in [-0.4, -0.2) is 19.2 Å². The number of rotatable bonds is 11. The number of esters is 1. The van der Waals surface area contributed by atoms with E-state index in [1.807, 2.05) is 42.5 Å². The minimum Gasteiger partial charge on any atom is -0.460 e. The molecule has 0 heterocycles. The van der Waals surface area contributed by atoms with Gasteiger partial charge in [-0.15, -0.1) is 6.58 Å². The number of hydrogen-bond acceptors (Lipinski definition) is 3. The van der Waals surface area contributed by atoms with Crippen LogP contribution in [0.2, 0.25) is 0 Å². The molecule has 0 aromatic heterocycles. The van der Waals surface area contributed by atoms with E-state index in [4.69, 9.17) is 9.47 Å². The quantitative estimate of drug-likeness (QED) is 0.311. The van der Waals surface area contributed by atoms with Gasteiger partial charge in [-0.2, -0.15) is 0 Å². The predicted octanol–water partition coefficient (Wildman–Crippen LogP) is 6.79. The van der Waals surface area contributed by atoms with Crippen molar-refractivity contribution in [1.29, 1.82) is 0 Å². The van der Waals surface area contributed by atoms with Gasteiger partial charge in [0.15, 0.2) is 6.10 Å². The number of ether oxygens (including phenoxy) is 2. The van der Waals surface area contributed by atoms with Gasteiger partial charge in [-0.05, 0) is 61.4 Å². The van der Waals surface area contributed by atoms with Gasteiger partial charge in [0.25, 0.3) is 0 Å². The van der Waals surface area contributed by atoms with Crippen molar-refractivity contribution in [3.8, 4) is 0 Å². The number of fused-ring (bicyclic) bond motifs is 1. The van der Waals surface area contributed by atoms with Crippen molar-refractivity contribution in [2.75, 3.05) is 7.11 Å². The van der Waals surface area contributed by atoms with Crippen molar-refractivity contribution in [3.05, 3.63) is 72.3 Å². The summed E-state index contributed by atoms with van der Waals surface area (Å²) in [4.78, 5) is 12.9. The van der Waals surface area contributed by atoms with Crippen LogP contribution < -0.4 is 0 Å². The van der Waals surface area contributed by atoms with E-state index in [0.717, 1.165) is 35.6 Å². The Morgan fingerprint density at radius 2 is 1.86 bits per heavy atom. The fraction of sp³-hybridized carbons (Fsp3) is 0.423. The van der Waals surface area contributed by atoms with Gasteiger partial charge >= 0.3 is 5.97 Å². The Bertz CT molecular complexity index is 833. The molecule has 3 nitrogen and oxygen atoms in total. The summed E-state index contributed by atoms with van der Waals surface area (Å²) in [6.07, 6.45) is 6.76. The summed E-state index contributed by atoms with van der Waals surface area (Å²) in [6, 6.07) is 14.0. The Labute approximate surface area is 175 Å². The number of hydrogen-bond donors (Lipinski definition) is 0. The molecule has 1 unspecified atom stereocenters. The first-order valence-corrected chi connectivity index (χ1v) is 10.4. The van der Waals surface area contributed by atoms with Crippen molar-refractivity contribution in [3.63, 3.8) is 0 Å². The molecule has 0 aliphatic carbocycles. The molecule has 0 amide bonds. The maximum Gasteiger partial charge on any atom is 0.340 e. The average molecular weight is 395 g/mol. The van der Waals surface area contributed by atoms with Crippen LogP contribution in [0.15, 0.2) is 66.8 Å². The normalized spacial score (nSPS) is 14.1. The fourth-order valence-corrected chi connectivity index (χ4v) is 3.57. The van der Waals surface area contributed by atoms with Gasteiger partial charge in [0.2, 0.25) is 0 Å². The second-order valence-electron chi connectivity index (χ2n) is 8.01. The van der Waals surface area contributed by atoms with Crippen LogP contribution in [0.25, 0.3) is 10.8 Å². The van der Waals surface area contributed by atoms with E-state index in [1.54, 1.807) is 7.11 Å². The van der Waals surface area contributed by atoms with E-state index in [0.29, 0.717) is 12.3 Å². The second-order valence-corrected chi connectivity index (χ2v) is 8.01. The largest absolute Gasteiger partial charge is 0.460 e. The first kappa shape index (κ1) is 22.9. The van der Waals surface area contributed by atoms with Crippen LogP contribution in [0, 0.1) is 5.92 Å². The van der Waals surface area contributed by atoms with Crippen molar-refractivity contribution >= 4 is 16.7 Å². The van der Waals surface area contributed by atoms with Gasteiger partial charge in [0.05, 0.1) is 0 Å². The van der Waals surface area contributed by atoms with E-state index >= 15 is 0 Å². The Morgan fingerprint density at radius 1 is 1.14 bits per heavy atom. The summed E-state index contributed by atoms with van der Waals surface area (Å²) in [5.74, 6) is 0.121.